The van der Waals surface area contributed by atoms with Crippen molar-refractivity contribution in [1.82, 2.24) is 4.90 Å². The number of alkyl halides is 1. The number of carbonyl (C=O) groups is 1. The van der Waals surface area contributed by atoms with E-state index in [0.29, 0.717) is 25.1 Å². The van der Waals surface area contributed by atoms with Crippen molar-refractivity contribution in [2.75, 3.05) is 13.1 Å². The molecule has 0 aliphatic heterocycles. The zero-order chi connectivity index (χ0) is 15.9. The summed E-state index contributed by atoms with van der Waals surface area (Å²) in [5, 5.41) is 10.7. The average molecular weight is 312 g/mol. The number of carbonyl (C=O) groups excluding carboxylic acids is 1. The van der Waals surface area contributed by atoms with E-state index in [1.807, 2.05) is 51.1 Å². The summed E-state index contributed by atoms with van der Waals surface area (Å²) in [7, 11) is 0. The van der Waals surface area contributed by atoms with Crippen LogP contribution in [0, 0.1) is 0 Å². The number of hydrogen-bond donors (Lipinski definition) is 1. The van der Waals surface area contributed by atoms with Gasteiger partial charge < -0.3 is 10.0 Å². The van der Waals surface area contributed by atoms with E-state index >= 15 is 0 Å². The second kappa shape index (κ2) is 8.40. The Balaban J connectivity index is 3.10. The minimum atomic E-state index is -1.29. The topological polar surface area (TPSA) is 40.5 Å². The fourth-order valence-electron chi connectivity index (χ4n) is 2.47. The first-order valence-electron chi connectivity index (χ1n) is 7.72. The summed E-state index contributed by atoms with van der Waals surface area (Å²) in [6, 6.07) is 9.19. The van der Waals surface area contributed by atoms with Gasteiger partial charge in [-0.1, -0.05) is 50.1 Å². The highest BCUT2D eigenvalue weighted by Crippen LogP contribution is 2.38. The van der Waals surface area contributed by atoms with E-state index in [9.17, 15) is 9.90 Å². The van der Waals surface area contributed by atoms with E-state index in [0.717, 1.165) is 12.8 Å². The fraction of sp³-hybridized carbons (Fsp3) is 0.588. The maximum atomic E-state index is 12.8. The molecule has 0 aliphatic rings. The zero-order valence-electron chi connectivity index (χ0n) is 13.2. The van der Waals surface area contributed by atoms with E-state index in [1.165, 1.54) is 0 Å². The molecule has 0 radical (unpaired) electrons. The second-order valence-corrected chi connectivity index (χ2v) is 5.93. The first-order chi connectivity index (χ1) is 10.0. The van der Waals surface area contributed by atoms with Crippen molar-refractivity contribution in [1.29, 1.82) is 0 Å². The van der Waals surface area contributed by atoms with Crippen LogP contribution >= 0.6 is 11.6 Å². The van der Waals surface area contributed by atoms with Gasteiger partial charge in [-0.15, -0.1) is 11.6 Å². The summed E-state index contributed by atoms with van der Waals surface area (Å²) < 4.78 is 0. The fourth-order valence-corrected chi connectivity index (χ4v) is 2.85. The number of nitrogens with zero attached hydrogens (tertiary/aromatic N) is 1. The third kappa shape index (κ3) is 4.21. The normalized spacial score (nSPS) is 15.3. The molecule has 0 saturated heterocycles. The average Bonchev–Trinajstić information content (AvgIpc) is 2.53. The van der Waals surface area contributed by atoms with Gasteiger partial charge in [0.25, 0.3) is 0 Å². The maximum Gasteiger partial charge on any atom is 0.246 e. The maximum absolute atomic E-state index is 12.8. The molecule has 1 amide bonds. The van der Waals surface area contributed by atoms with Gasteiger partial charge in [0.15, 0.2) is 4.87 Å². The Labute approximate surface area is 132 Å². The Morgan fingerprint density at radius 2 is 1.81 bits per heavy atom. The number of aliphatic hydroxyl groups excluding tert-OH is 1. The van der Waals surface area contributed by atoms with Crippen LogP contribution in [0.5, 0.6) is 0 Å². The molecule has 0 saturated carbocycles. The summed E-state index contributed by atoms with van der Waals surface area (Å²) in [5.41, 5.74) is 0.684. The monoisotopic (exact) mass is 311 g/mol. The van der Waals surface area contributed by atoms with Crippen molar-refractivity contribution in [3.05, 3.63) is 35.9 Å². The van der Waals surface area contributed by atoms with Gasteiger partial charge in [-0.05, 0) is 25.8 Å². The molecule has 3 nitrogen and oxygen atoms in total. The van der Waals surface area contributed by atoms with Crippen LogP contribution in [0.3, 0.4) is 0 Å². The predicted octanol–water partition coefficient (Wildman–Crippen LogP) is 3.76. The first kappa shape index (κ1) is 18.0. The summed E-state index contributed by atoms with van der Waals surface area (Å²) in [4.78, 5) is 13.2. The first-order valence-corrected chi connectivity index (χ1v) is 8.10. The molecule has 0 aliphatic carbocycles. The quantitative estimate of drug-likeness (QED) is 0.743. The molecule has 1 aromatic carbocycles. The molecule has 1 rings (SSSR count). The Bertz CT molecular complexity index is 434. The largest absolute Gasteiger partial charge is 0.386 e. The number of amides is 1. The van der Waals surface area contributed by atoms with Gasteiger partial charge in [0.1, 0.15) is 6.10 Å². The van der Waals surface area contributed by atoms with Gasteiger partial charge in [-0.25, -0.2) is 0 Å². The van der Waals surface area contributed by atoms with Crippen molar-refractivity contribution in [2.24, 2.45) is 0 Å². The van der Waals surface area contributed by atoms with Crippen LogP contribution < -0.4 is 0 Å². The lowest BCUT2D eigenvalue weighted by Crippen LogP contribution is -2.49. The highest BCUT2D eigenvalue weighted by atomic mass is 35.5. The molecule has 0 bridgehead atoms. The van der Waals surface area contributed by atoms with Crippen LogP contribution in [-0.2, 0) is 4.79 Å². The van der Waals surface area contributed by atoms with Crippen molar-refractivity contribution < 1.29 is 9.90 Å². The van der Waals surface area contributed by atoms with Crippen molar-refractivity contribution >= 4 is 17.5 Å². The predicted molar refractivity (Wildman–Crippen MR) is 87.4 cm³/mol. The van der Waals surface area contributed by atoms with Crippen molar-refractivity contribution in [3.63, 3.8) is 0 Å². The molecule has 0 heterocycles. The molecule has 4 heteroatoms. The molecule has 21 heavy (non-hydrogen) atoms. The molecule has 118 valence electrons. The van der Waals surface area contributed by atoms with E-state index in [-0.39, 0.29) is 5.91 Å². The smallest absolute Gasteiger partial charge is 0.246 e. The summed E-state index contributed by atoms with van der Waals surface area (Å²) in [5.74, 6) is -0.182. The van der Waals surface area contributed by atoms with Crippen LogP contribution in [0.25, 0.3) is 0 Å². The molecular formula is C17H26ClNO2. The highest BCUT2D eigenvalue weighted by molar-refractivity contribution is 6.35. The highest BCUT2D eigenvalue weighted by Gasteiger charge is 2.45. The standard InChI is InChI=1S/C17H26ClNO2/c1-4-7-13-17(18,16(21)19(5-2)6-3)15(20)14-11-9-8-10-12-14/h8-12,15,20H,4-7,13H2,1-3H3. The van der Waals surface area contributed by atoms with E-state index in [1.54, 1.807) is 4.90 Å². The van der Waals surface area contributed by atoms with Gasteiger partial charge in [0.2, 0.25) is 5.91 Å². The van der Waals surface area contributed by atoms with Crippen LogP contribution in [-0.4, -0.2) is 33.9 Å². The van der Waals surface area contributed by atoms with E-state index in [4.69, 9.17) is 11.6 Å². The number of halogens is 1. The Hall–Kier alpha value is -1.06. The minimum absolute atomic E-state index is 0.182. The van der Waals surface area contributed by atoms with Gasteiger partial charge >= 0.3 is 0 Å². The second-order valence-electron chi connectivity index (χ2n) is 5.26. The molecule has 1 aromatic rings. The summed E-state index contributed by atoms with van der Waals surface area (Å²) in [6.07, 6.45) is 1.21. The minimum Gasteiger partial charge on any atom is -0.386 e. The lowest BCUT2D eigenvalue weighted by atomic mass is 9.88. The summed E-state index contributed by atoms with van der Waals surface area (Å²) in [6.45, 7) is 7.09. The number of unbranched alkanes of at least 4 members (excludes halogenated alkanes) is 1. The van der Waals surface area contributed by atoms with Crippen LogP contribution in [0.15, 0.2) is 30.3 Å². The number of aliphatic hydroxyl groups is 1. The lowest BCUT2D eigenvalue weighted by Gasteiger charge is -2.35. The molecule has 1 N–H and O–H groups in total. The number of benzene rings is 1. The molecule has 2 unspecified atom stereocenters. The van der Waals surface area contributed by atoms with E-state index in [2.05, 4.69) is 0 Å². The molecule has 0 spiro atoms. The van der Waals surface area contributed by atoms with Gasteiger partial charge in [-0.3, -0.25) is 4.79 Å². The SMILES string of the molecule is CCCCC(Cl)(C(=O)N(CC)CC)C(O)c1ccccc1. The Kier molecular flexibility index (Phi) is 7.20. The van der Waals surface area contributed by atoms with Gasteiger partial charge in [0.05, 0.1) is 0 Å². The van der Waals surface area contributed by atoms with Crippen molar-refractivity contribution in [3.8, 4) is 0 Å². The third-order valence-electron chi connectivity index (χ3n) is 3.85. The lowest BCUT2D eigenvalue weighted by molar-refractivity contribution is -0.137. The summed E-state index contributed by atoms with van der Waals surface area (Å²) >= 11 is 6.66. The van der Waals surface area contributed by atoms with Crippen LogP contribution in [0.1, 0.15) is 51.7 Å². The number of rotatable bonds is 8. The van der Waals surface area contributed by atoms with Crippen molar-refractivity contribution in [2.45, 2.75) is 51.0 Å². The number of hydrogen-bond acceptors (Lipinski definition) is 2. The third-order valence-corrected chi connectivity index (χ3v) is 4.41. The molecule has 0 aromatic heterocycles. The molecular weight excluding hydrogens is 286 g/mol. The van der Waals surface area contributed by atoms with E-state index < -0.39 is 11.0 Å². The Morgan fingerprint density at radius 3 is 2.29 bits per heavy atom. The zero-order valence-corrected chi connectivity index (χ0v) is 13.9. The molecule has 0 fully saturated rings. The van der Waals surface area contributed by atoms with Gasteiger partial charge in [0, 0.05) is 13.1 Å². The van der Waals surface area contributed by atoms with Crippen LogP contribution in [0.4, 0.5) is 0 Å². The molecule has 2 atom stereocenters. The van der Waals surface area contributed by atoms with Crippen LogP contribution in [0.2, 0.25) is 0 Å². The van der Waals surface area contributed by atoms with Gasteiger partial charge in [-0.2, -0.15) is 0 Å². The Morgan fingerprint density at radius 1 is 1.24 bits per heavy atom.